The Morgan fingerprint density at radius 1 is 1.15 bits per heavy atom. The number of rotatable bonds is 9. The molecule has 10 heteroatoms. The number of aryl methyl sites for hydroxylation is 1. The molecule has 208 valence electrons. The number of benzene rings is 1. The van der Waals surface area contributed by atoms with Gasteiger partial charge in [0, 0.05) is 35.3 Å². The number of carbonyl (C=O) groups excluding carboxylic acids is 2. The van der Waals surface area contributed by atoms with E-state index in [2.05, 4.69) is 32.5 Å². The molecule has 5 rings (SSSR count). The van der Waals surface area contributed by atoms with Crippen molar-refractivity contribution in [1.29, 1.82) is 0 Å². The van der Waals surface area contributed by atoms with Crippen LogP contribution in [0.5, 0.6) is 5.75 Å². The van der Waals surface area contributed by atoms with E-state index in [-0.39, 0.29) is 35.4 Å². The van der Waals surface area contributed by atoms with Gasteiger partial charge in [0.05, 0.1) is 17.7 Å². The first-order valence-corrected chi connectivity index (χ1v) is 13.7. The topological polar surface area (TPSA) is 109 Å². The average Bonchev–Trinajstić information content (AvgIpc) is 3.68. The zero-order valence-corrected chi connectivity index (χ0v) is 22.5. The van der Waals surface area contributed by atoms with Crippen molar-refractivity contribution in [2.24, 2.45) is 11.8 Å². The zero-order chi connectivity index (χ0) is 27.7. The Morgan fingerprint density at radius 3 is 2.64 bits per heavy atom. The number of amides is 2. The molecule has 2 amide bonds. The standard InChI is InChI=1S/C29H35F2N5O3/c1-4-23(37)35-19-8-9-21(15(2)11-19)36-29(38)24-16(3)34-27-25(32-14-33-26(24)27)20-12-18(28(30)31)7-10-22(20)39-13-17-5-6-17/h7,10,12,14-15,17,19,21,28,34H,4-6,8-9,11,13H2,1-3H3,(H,35,37)(H,36,38)/t15-,19+,21+/m1/s1. The van der Waals surface area contributed by atoms with Gasteiger partial charge in [-0.25, -0.2) is 18.7 Å². The molecule has 0 bridgehead atoms. The highest BCUT2D eigenvalue weighted by Crippen LogP contribution is 2.38. The number of nitrogens with zero attached hydrogens (tertiary/aromatic N) is 2. The SMILES string of the molecule is CCC(=O)N[C@H]1CC[C@H](NC(=O)c2c(C)[nH]c3c(-c4cc(C(F)F)ccc4OCC4CC4)ncnc23)[C@H](C)C1. The molecule has 1 aromatic carbocycles. The van der Waals surface area contributed by atoms with E-state index in [1.165, 1.54) is 18.5 Å². The van der Waals surface area contributed by atoms with Crippen molar-refractivity contribution < 1.29 is 23.1 Å². The van der Waals surface area contributed by atoms with E-state index in [0.717, 1.165) is 32.1 Å². The summed E-state index contributed by atoms with van der Waals surface area (Å²) in [4.78, 5) is 37.4. The summed E-state index contributed by atoms with van der Waals surface area (Å²) < 4.78 is 33.2. The normalized spacial score (nSPS) is 21.2. The molecule has 0 radical (unpaired) electrons. The number of hydrogen-bond donors (Lipinski definition) is 3. The third kappa shape index (κ3) is 5.89. The lowest BCUT2D eigenvalue weighted by atomic mass is 9.82. The van der Waals surface area contributed by atoms with Crippen LogP contribution in [0.25, 0.3) is 22.3 Å². The third-order valence-electron chi connectivity index (χ3n) is 7.85. The Hall–Kier alpha value is -3.56. The minimum Gasteiger partial charge on any atom is -0.493 e. The largest absolute Gasteiger partial charge is 0.493 e. The van der Waals surface area contributed by atoms with Gasteiger partial charge in [0.1, 0.15) is 23.3 Å². The van der Waals surface area contributed by atoms with Gasteiger partial charge in [-0.2, -0.15) is 0 Å². The molecule has 0 aliphatic heterocycles. The minimum absolute atomic E-state index is 0.0388. The number of aromatic nitrogens is 3. The smallest absolute Gasteiger partial charge is 0.263 e. The van der Waals surface area contributed by atoms with Crippen molar-refractivity contribution in [3.63, 3.8) is 0 Å². The number of hydrogen-bond acceptors (Lipinski definition) is 5. The number of aromatic amines is 1. The molecule has 3 N–H and O–H groups in total. The highest BCUT2D eigenvalue weighted by atomic mass is 19.3. The Balaban J connectivity index is 1.42. The first-order chi connectivity index (χ1) is 18.7. The van der Waals surface area contributed by atoms with Gasteiger partial charge < -0.3 is 20.4 Å². The molecule has 2 aromatic heterocycles. The van der Waals surface area contributed by atoms with Crippen molar-refractivity contribution in [3.05, 3.63) is 41.3 Å². The van der Waals surface area contributed by atoms with Gasteiger partial charge in [-0.3, -0.25) is 9.59 Å². The van der Waals surface area contributed by atoms with Crippen LogP contribution in [0.15, 0.2) is 24.5 Å². The fraction of sp³-hybridized carbons (Fsp3) is 0.517. The van der Waals surface area contributed by atoms with E-state index in [1.807, 2.05) is 6.92 Å². The Kier molecular flexibility index (Phi) is 7.81. The number of halogens is 2. The maximum atomic E-state index is 13.6. The summed E-state index contributed by atoms with van der Waals surface area (Å²) in [6.07, 6.45) is 3.71. The summed E-state index contributed by atoms with van der Waals surface area (Å²) in [5.41, 5.74) is 2.69. The van der Waals surface area contributed by atoms with E-state index < -0.39 is 6.43 Å². The fourth-order valence-corrected chi connectivity index (χ4v) is 5.40. The van der Waals surface area contributed by atoms with Crippen molar-refractivity contribution >= 4 is 22.8 Å². The van der Waals surface area contributed by atoms with Crippen LogP contribution in [0.3, 0.4) is 0 Å². The number of H-pyrrole nitrogens is 1. The van der Waals surface area contributed by atoms with Crippen LogP contribution in [0.1, 0.15) is 80.4 Å². The van der Waals surface area contributed by atoms with Crippen LogP contribution in [0.4, 0.5) is 8.78 Å². The lowest BCUT2D eigenvalue weighted by Crippen LogP contribution is -2.48. The van der Waals surface area contributed by atoms with Gasteiger partial charge in [0.2, 0.25) is 5.91 Å². The average molecular weight is 540 g/mol. The van der Waals surface area contributed by atoms with Crippen molar-refractivity contribution in [1.82, 2.24) is 25.6 Å². The molecule has 2 saturated carbocycles. The first-order valence-electron chi connectivity index (χ1n) is 13.7. The number of fused-ring (bicyclic) bond motifs is 1. The molecule has 2 fully saturated rings. The Bertz CT molecular complexity index is 1370. The van der Waals surface area contributed by atoms with Crippen LogP contribution >= 0.6 is 0 Å². The van der Waals surface area contributed by atoms with Gasteiger partial charge in [-0.1, -0.05) is 13.8 Å². The molecule has 2 aliphatic carbocycles. The molecule has 8 nitrogen and oxygen atoms in total. The van der Waals surface area contributed by atoms with Gasteiger partial charge in [-0.05, 0) is 69.1 Å². The minimum atomic E-state index is -2.64. The van der Waals surface area contributed by atoms with Gasteiger partial charge in [-0.15, -0.1) is 0 Å². The highest BCUT2D eigenvalue weighted by Gasteiger charge is 2.31. The lowest BCUT2D eigenvalue weighted by Gasteiger charge is -2.35. The summed E-state index contributed by atoms with van der Waals surface area (Å²) in [6.45, 7) is 6.23. The number of nitrogens with one attached hydrogen (secondary N) is 3. The maximum Gasteiger partial charge on any atom is 0.263 e. The fourth-order valence-electron chi connectivity index (χ4n) is 5.40. The van der Waals surface area contributed by atoms with Crippen molar-refractivity contribution in [3.8, 4) is 17.0 Å². The Morgan fingerprint density at radius 2 is 1.95 bits per heavy atom. The molecular weight excluding hydrogens is 504 g/mol. The zero-order valence-electron chi connectivity index (χ0n) is 22.5. The summed E-state index contributed by atoms with van der Waals surface area (Å²) in [5.74, 6) is 0.943. The van der Waals surface area contributed by atoms with E-state index in [1.54, 1.807) is 13.0 Å². The predicted octanol–water partition coefficient (Wildman–Crippen LogP) is 5.47. The molecule has 2 heterocycles. The second-order valence-electron chi connectivity index (χ2n) is 10.9. The molecule has 0 saturated heterocycles. The number of ether oxygens (including phenoxy) is 1. The van der Waals surface area contributed by atoms with E-state index in [0.29, 0.717) is 58.2 Å². The van der Waals surface area contributed by atoms with Crippen LogP contribution in [-0.2, 0) is 4.79 Å². The number of carbonyl (C=O) groups is 2. The quantitative estimate of drug-likeness (QED) is 0.334. The van der Waals surface area contributed by atoms with Gasteiger partial charge >= 0.3 is 0 Å². The first kappa shape index (κ1) is 27.0. The van der Waals surface area contributed by atoms with Gasteiger partial charge in [0.25, 0.3) is 12.3 Å². The monoisotopic (exact) mass is 539 g/mol. The van der Waals surface area contributed by atoms with Crippen molar-refractivity contribution in [2.75, 3.05) is 6.61 Å². The second-order valence-corrected chi connectivity index (χ2v) is 10.9. The number of alkyl halides is 2. The van der Waals surface area contributed by atoms with Crippen molar-refractivity contribution in [2.45, 2.75) is 77.8 Å². The summed E-state index contributed by atoms with van der Waals surface area (Å²) in [6, 6.07) is 4.42. The Labute approximate surface area is 226 Å². The molecule has 0 unspecified atom stereocenters. The lowest BCUT2D eigenvalue weighted by molar-refractivity contribution is -0.121. The van der Waals surface area contributed by atoms with E-state index >= 15 is 0 Å². The van der Waals surface area contributed by atoms with E-state index in [4.69, 9.17) is 4.74 Å². The molecule has 39 heavy (non-hydrogen) atoms. The van der Waals surface area contributed by atoms with Crippen LogP contribution in [0.2, 0.25) is 0 Å². The molecule has 3 aromatic rings. The molecule has 2 aliphatic rings. The molecular formula is C29H35F2N5O3. The second kappa shape index (κ2) is 11.3. The predicted molar refractivity (Wildman–Crippen MR) is 144 cm³/mol. The van der Waals surface area contributed by atoms with Crippen LogP contribution in [-0.4, -0.2) is 45.5 Å². The molecule has 0 spiro atoms. The van der Waals surface area contributed by atoms with Crippen LogP contribution in [0, 0.1) is 18.8 Å². The highest BCUT2D eigenvalue weighted by molar-refractivity contribution is 6.09. The summed E-state index contributed by atoms with van der Waals surface area (Å²) in [5, 5.41) is 6.23. The third-order valence-corrected chi connectivity index (χ3v) is 7.85. The maximum absolute atomic E-state index is 13.6. The van der Waals surface area contributed by atoms with Crippen LogP contribution < -0.4 is 15.4 Å². The molecule has 3 atom stereocenters. The summed E-state index contributed by atoms with van der Waals surface area (Å²) in [7, 11) is 0. The van der Waals surface area contributed by atoms with E-state index in [9.17, 15) is 18.4 Å². The summed E-state index contributed by atoms with van der Waals surface area (Å²) >= 11 is 0. The van der Waals surface area contributed by atoms with Gasteiger partial charge in [0.15, 0.2) is 0 Å².